The van der Waals surface area contributed by atoms with E-state index in [4.69, 9.17) is 0 Å². The lowest BCUT2D eigenvalue weighted by Crippen LogP contribution is -2.53. The van der Waals surface area contributed by atoms with Crippen molar-refractivity contribution in [2.24, 2.45) is 11.8 Å². The number of carbonyl (C=O) groups excluding carboxylic acids is 1. The van der Waals surface area contributed by atoms with Crippen molar-refractivity contribution >= 4 is 11.9 Å². The Bertz CT molecular complexity index is 302. The van der Waals surface area contributed by atoms with Crippen LogP contribution in [0.25, 0.3) is 0 Å². The molecule has 4 heteroatoms. The van der Waals surface area contributed by atoms with Gasteiger partial charge in [0.05, 0.1) is 11.5 Å². The number of fused-ring (bicyclic) bond motifs is 2. The summed E-state index contributed by atoms with van der Waals surface area (Å²) in [6, 6.07) is 0. The lowest BCUT2D eigenvalue weighted by Gasteiger charge is -2.36. The fourth-order valence-corrected chi connectivity index (χ4v) is 3.39. The molecule has 0 radical (unpaired) electrons. The van der Waals surface area contributed by atoms with E-state index in [1.807, 2.05) is 0 Å². The molecule has 2 saturated carbocycles. The Balaban J connectivity index is 2.24. The number of aliphatic carboxylic acids is 1. The van der Waals surface area contributed by atoms with Gasteiger partial charge in [0.25, 0.3) is 0 Å². The van der Waals surface area contributed by atoms with Crippen LogP contribution in [0.5, 0.6) is 0 Å². The van der Waals surface area contributed by atoms with E-state index >= 15 is 0 Å². The molecule has 15 heavy (non-hydrogen) atoms. The van der Waals surface area contributed by atoms with Gasteiger partial charge in [-0.2, -0.15) is 0 Å². The molecule has 1 amide bonds. The second kappa shape index (κ2) is 3.51. The van der Waals surface area contributed by atoms with Gasteiger partial charge in [0, 0.05) is 6.92 Å². The number of carboxylic acids is 1. The molecule has 0 aliphatic heterocycles. The predicted octanol–water partition coefficient (Wildman–Crippen LogP) is 1.16. The van der Waals surface area contributed by atoms with Gasteiger partial charge in [-0.1, -0.05) is 12.8 Å². The fourth-order valence-electron chi connectivity index (χ4n) is 3.39. The van der Waals surface area contributed by atoms with Gasteiger partial charge in [-0.25, -0.2) is 0 Å². The molecule has 0 spiro atoms. The molecular weight excluding hydrogens is 194 g/mol. The van der Waals surface area contributed by atoms with Gasteiger partial charge in [-0.15, -0.1) is 0 Å². The maximum Gasteiger partial charge on any atom is 0.308 e. The third-order valence-corrected chi connectivity index (χ3v) is 3.85. The van der Waals surface area contributed by atoms with Crippen LogP contribution in [0, 0.1) is 11.8 Å². The van der Waals surface area contributed by atoms with E-state index in [1.165, 1.54) is 6.92 Å². The van der Waals surface area contributed by atoms with Crippen molar-refractivity contribution in [3.8, 4) is 0 Å². The second-order valence-corrected chi connectivity index (χ2v) is 4.93. The van der Waals surface area contributed by atoms with Crippen LogP contribution in [0.3, 0.4) is 0 Å². The van der Waals surface area contributed by atoms with Crippen molar-refractivity contribution in [1.82, 2.24) is 5.32 Å². The quantitative estimate of drug-likeness (QED) is 0.720. The summed E-state index contributed by atoms with van der Waals surface area (Å²) in [4.78, 5) is 22.3. The Kier molecular flexibility index (Phi) is 2.44. The monoisotopic (exact) mass is 211 g/mol. The van der Waals surface area contributed by atoms with E-state index in [0.29, 0.717) is 5.92 Å². The topological polar surface area (TPSA) is 66.4 Å². The molecular formula is C11H17NO3. The SMILES string of the molecule is CC(=O)N[C@@]12CCC[C@@H](C[C@@H]1C(=O)O)C2. The number of hydrogen-bond acceptors (Lipinski definition) is 2. The number of nitrogens with one attached hydrogen (secondary N) is 1. The molecule has 2 aliphatic rings. The number of amides is 1. The summed E-state index contributed by atoms with van der Waals surface area (Å²) in [7, 11) is 0. The molecule has 0 unspecified atom stereocenters. The molecule has 0 aromatic heterocycles. The second-order valence-electron chi connectivity index (χ2n) is 4.93. The molecule has 0 heterocycles. The van der Waals surface area contributed by atoms with Gasteiger partial charge < -0.3 is 10.4 Å². The average molecular weight is 211 g/mol. The van der Waals surface area contributed by atoms with Gasteiger partial charge >= 0.3 is 5.97 Å². The minimum absolute atomic E-state index is 0.108. The summed E-state index contributed by atoms with van der Waals surface area (Å²) in [5, 5.41) is 12.1. The summed E-state index contributed by atoms with van der Waals surface area (Å²) in [6.45, 7) is 1.47. The zero-order valence-corrected chi connectivity index (χ0v) is 8.95. The largest absolute Gasteiger partial charge is 0.481 e. The van der Waals surface area contributed by atoms with E-state index < -0.39 is 11.5 Å². The summed E-state index contributed by atoms with van der Waals surface area (Å²) in [6.07, 6.45) is 4.55. The molecule has 0 aromatic rings. The molecule has 2 bridgehead atoms. The van der Waals surface area contributed by atoms with E-state index in [0.717, 1.165) is 32.1 Å². The lowest BCUT2D eigenvalue weighted by atomic mass is 9.79. The van der Waals surface area contributed by atoms with Crippen LogP contribution in [0.15, 0.2) is 0 Å². The number of carbonyl (C=O) groups is 2. The molecule has 2 aliphatic carbocycles. The van der Waals surface area contributed by atoms with Crippen LogP contribution in [0.4, 0.5) is 0 Å². The highest BCUT2D eigenvalue weighted by Gasteiger charge is 2.53. The first-order valence-electron chi connectivity index (χ1n) is 5.55. The summed E-state index contributed by atoms with van der Waals surface area (Å²) < 4.78 is 0. The molecule has 3 atom stereocenters. The Hall–Kier alpha value is -1.06. The number of carboxylic acid groups (broad SMARTS) is 1. The van der Waals surface area contributed by atoms with E-state index in [9.17, 15) is 14.7 Å². The number of rotatable bonds is 2. The highest BCUT2D eigenvalue weighted by atomic mass is 16.4. The van der Waals surface area contributed by atoms with Crippen LogP contribution in [0.1, 0.15) is 39.0 Å². The molecule has 4 nitrogen and oxygen atoms in total. The van der Waals surface area contributed by atoms with Crippen molar-refractivity contribution in [2.45, 2.75) is 44.6 Å². The molecule has 2 N–H and O–H groups in total. The number of hydrogen-bond donors (Lipinski definition) is 2. The molecule has 84 valence electrons. The van der Waals surface area contributed by atoms with Crippen molar-refractivity contribution < 1.29 is 14.7 Å². The Morgan fingerprint density at radius 3 is 2.80 bits per heavy atom. The van der Waals surface area contributed by atoms with Crippen molar-refractivity contribution in [1.29, 1.82) is 0 Å². The van der Waals surface area contributed by atoms with Crippen molar-refractivity contribution in [2.75, 3.05) is 0 Å². The molecule has 2 fully saturated rings. The zero-order valence-electron chi connectivity index (χ0n) is 8.95. The fraction of sp³-hybridized carbons (Fsp3) is 0.818. The summed E-state index contributed by atoms with van der Waals surface area (Å²) in [5.74, 6) is -0.752. The smallest absolute Gasteiger partial charge is 0.308 e. The highest BCUT2D eigenvalue weighted by molar-refractivity contribution is 5.78. The third kappa shape index (κ3) is 1.73. The Morgan fingerprint density at radius 2 is 2.20 bits per heavy atom. The molecule has 0 saturated heterocycles. The van der Waals surface area contributed by atoms with Crippen LogP contribution >= 0.6 is 0 Å². The third-order valence-electron chi connectivity index (χ3n) is 3.85. The van der Waals surface area contributed by atoms with Gasteiger partial charge in [-0.05, 0) is 25.2 Å². The zero-order chi connectivity index (χ0) is 11.1. The van der Waals surface area contributed by atoms with E-state index in [1.54, 1.807) is 0 Å². The van der Waals surface area contributed by atoms with Crippen molar-refractivity contribution in [3.05, 3.63) is 0 Å². The normalized spacial score (nSPS) is 38.7. The standard InChI is InChI=1S/C11H17NO3/c1-7(13)12-11-4-2-3-8(6-11)5-9(11)10(14)15/h8-9H,2-6H2,1H3,(H,12,13)(H,14,15)/t8-,9+,11+/m0/s1. The van der Waals surface area contributed by atoms with E-state index in [2.05, 4.69) is 5.32 Å². The Labute approximate surface area is 89.0 Å². The predicted molar refractivity (Wildman–Crippen MR) is 54.2 cm³/mol. The summed E-state index contributed by atoms with van der Waals surface area (Å²) >= 11 is 0. The maximum absolute atomic E-state index is 11.2. The van der Waals surface area contributed by atoms with Crippen LogP contribution < -0.4 is 5.32 Å². The first kappa shape index (κ1) is 10.5. The minimum atomic E-state index is -0.756. The maximum atomic E-state index is 11.2. The van der Waals surface area contributed by atoms with Gasteiger partial charge in [0.2, 0.25) is 5.91 Å². The first-order chi connectivity index (χ1) is 7.03. The first-order valence-corrected chi connectivity index (χ1v) is 5.55. The molecule has 2 rings (SSSR count). The van der Waals surface area contributed by atoms with Crippen molar-refractivity contribution in [3.63, 3.8) is 0 Å². The van der Waals surface area contributed by atoms with Crippen LogP contribution in [-0.2, 0) is 9.59 Å². The van der Waals surface area contributed by atoms with Gasteiger partial charge in [0.1, 0.15) is 0 Å². The van der Waals surface area contributed by atoms with Gasteiger partial charge in [-0.3, -0.25) is 9.59 Å². The lowest BCUT2D eigenvalue weighted by molar-refractivity contribution is -0.144. The Morgan fingerprint density at radius 1 is 1.47 bits per heavy atom. The van der Waals surface area contributed by atoms with Crippen LogP contribution in [0.2, 0.25) is 0 Å². The van der Waals surface area contributed by atoms with Gasteiger partial charge in [0.15, 0.2) is 0 Å². The minimum Gasteiger partial charge on any atom is -0.481 e. The average Bonchev–Trinajstić information content (AvgIpc) is 2.36. The molecule has 0 aromatic carbocycles. The van der Waals surface area contributed by atoms with Crippen LogP contribution in [-0.4, -0.2) is 22.5 Å². The highest BCUT2D eigenvalue weighted by Crippen LogP contribution is 2.49. The van der Waals surface area contributed by atoms with E-state index in [-0.39, 0.29) is 11.8 Å². The summed E-state index contributed by atoms with van der Waals surface area (Å²) in [5.41, 5.74) is -0.444.